The quantitative estimate of drug-likeness (QED) is 0.173. The Morgan fingerprint density at radius 3 is 2.38 bits per heavy atom. The molecule has 5 aromatic rings. The molecule has 0 saturated heterocycles. The van der Waals surface area contributed by atoms with Crippen LogP contribution in [0, 0.1) is 0 Å². The normalized spacial score (nSPS) is 12.0. The van der Waals surface area contributed by atoms with E-state index in [-0.39, 0.29) is 0 Å². The largest absolute Gasteiger partial charge is 0.478 e. The average molecular weight is 487 g/mol. The van der Waals surface area contributed by atoms with Crippen molar-refractivity contribution in [2.75, 3.05) is 0 Å². The molecule has 2 N–H and O–H groups in total. The predicted molar refractivity (Wildman–Crippen MR) is 148 cm³/mol. The molecule has 0 fully saturated rings. The summed E-state index contributed by atoms with van der Waals surface area (Å²) in [6, 6.07) is 32.2. The fourth-order valence-corrected chi connectivity index (χ4v) is 4.44. The summed E-state index contributed by atoms with van der Waals surface area (Å²) in [5, 5.41) is 17.2. The number of nitrogens with zero attached hydrogens (tertiary/aromatic N) is 1. The van der Waals surface area contributed by atoms with Gasteiger partial charge in [0.05, 0.1) is 11.7 Å². The summed E-state index contributed by atoms with van der Waals surface area (Å²) in [6.45, 7) is 2.15. The van der Waals surface area contributed by atoms with Crippen molar-refractivity contribution in [3.63, 3.8) is 0 Å². The summed E-state index contributed by atoms with van der Waals surface area (Å²) >= 11 is 0. The molecule has 0 aliphatic carbocycles. The standard InChI is InChI=1S/C32H26N2O3/c1-2-29(24-7-6-10-28(20-24)37-27-8-4-3-5-9-27)32(25-16-17-30-26(19-25)21-33-34-30)23-14-11-22(12-15-23)13-18-31(35)36/h3-21H,2H2,1H3,(H,33,34)(H,35,36). The number of carboxylic acids is 1. The number of carbonyl (C=O) groups is 1. The third kappa shape index (κ3) is 5.52. The van der Waals surface area contributed by atoms with Gasteiger partial charge in [0.1, 0.15) is 11.5 Å². The van der Waals surface area contributed by atoms with Crippen LogP contribution >= 0.6 is 0 Å². The Bertz CT molecular complexity index is 1600. The minimum atomic E-state index is -0.969. The molecule has 182 valence electrons. The van der Waals surface area contributed by atoms with Gasteiger partial charge >= 0.3 is 5.97 Å². The number of fused-ring (bicyclic) bond motifs is 1. The van der Waals surface area contributed by atoms with Gasteiger partial charge in [0.2, 0.25) is 0 Å². The number of H-pyrrole nitrogens is 1. The molecule has 0 aliphatic heterocycles. The minimum Gasteiger partial charge on any atom is -0.478 e. The van der Waals surface area contributed by atoms with Gasteiger partial charge in [-0.15, -0.1) is 0 Å². The molecule has 5 rings (SSSR count). The maximum Gasteiger partial charge on any atom is 0.328 e. The average Bonchev–Trinajstić information content (AvgIpc) is 3.40. The molecule has 5 nitrogen and oxygen atoms in total. The van der Waals surface area contributed by atoms with Gasteiger partial charge < -0.3 is 9.84 Å². The molecule has 0 spiro atoms. The first-order valence-electron chi connectivity index (χ1n) is 12.1. The molecule has 0 aliphatic rings. The highest BCUT2D eigenvalue weighted by molar-refractivity contribution is 6.00. The monoisotopic (exact) mass is 486 g/mol. The molecular formula is C32H26N2O3. The fraction of sp³-hybridized carbons (Fsp3) is 0.0625. The lowest BCUT2D eigenvalue weighted by Crippen LogP contribution is -1.96. The van der Waals surface area contributed by atoms with Crippen LogP contribution in [-0.2, 0) is 4.79 Å². The smallest absolute Gasteiger partial charge is 0.328 e. The van der Waals surface area contributed by atoms with Crippen LogP contribution in [-0.4, -0.2) is 21.3 Å². The number of ether oxygens (including phenoxy) is 1. The Morgan fingerprint density at radius 2 is 1.62 bits per heavy atom. The van der Waals surface area contributed by atoms with Gasteiger partial charge in [-0.25, -0.2) is 4.79 Å². The molecule has 0 radical (unpaired) electrons. The number of allylic oxidation sites excluding steroid dienone is 1. The highest BCUT2D eigenvalue weighted by Crippen LogP contribution is 2.37. The number of aromatic nitrogens is 2. The summed E-state index contributed by atoms with van der Waals surface area (Å²) in [7, 11) is 0. The third-order valence-electron chi connectivity index (χ3n) is 6.16. The Kier molecular flexibility index (Phi) is 6.95. The number of para-hydroxylation sites is 1. The first-order chi connectivity index (χ1) is 18.1. The molecule has 37 heavy (non-hydrogen) atoms. The summed E-state index contributed by atoms with van der Waals surface area (Å²) in [5.74, 6) is 0.592. The second kappa shape index (κ2) is 10.8. The molecule has 4 aromatic carbocycles. The Balaban J connectivity index is 1.63. The van der Waals surface area contributed by atoms with E-state index in [1.807, 2.05) is 79.0 Å². The van der Waals surface area contributed by atoms with Gasteiger partial charge in [-0.05, 0) is 82.3 Å². The number of hydrogen-bond acceptors (Lipinski definition) is 3. The maximum absolute atomic E-state index is 10.9. The zero-order valence-corrected chi connectivity index (χ0v) is 20.4. The number of aromatic amines is 1. The van der Waals surface area contributed by atoms with Gasteiger partial charge in [-0.1, -0.05) is 67.6 Å². The van der Waals surface area contributed by atoms with Crippen molar-refractivity contribution in [1.29, 1.82) is 0 Å². The highest BCUT2D eigenvalue weighted by atomic mass is 16.5. The van der Waals surface area contributed by atoms with Gasteiger partial charge in [-0.2, -0.15) is 5.10 Å². The Hall–Kier alpha value is -4.90. The second-order valence-electron chi connectivity index (χ2n) is 8.62. The van der Waals surface area contributed by atoms with Crippen molar-refractivity contribution in [2.24, 2.45) is 0 Å². The van der Waals surface area contributed by atoms with Crippen LogP contribution in [0.3, 0.4) is 0 Å². The van der Waals surface area contributed by atoms with Crippen molar-refractivity contribution in [1.82, 2.24) is 10.2 Å². The van der Waals surface area contributed by atoms with Crippen molar-refractivity contribution in [2.45, 2.75) is 13.3 Å². The van der Waals surface area contributed by atoms with Crippen LogP contribution in [0.5, 0.6) is 11.5 Å². The van der Waals surface area contributed by atoms with Crippen LogP contribution in [0.4, 0.5) is 0 Å². The summed E-state index contributed by atoms with van der Waals surface area (Å²) in [6.07, 6.45) is 5.37. The van der Waals surface area contributed by atoms with Gasteiger partial charge in [0.15, 0.2) is 0 Å². The van der Waals surface area contributed by atoms with Crippen LogP contribution < -0.4 is 4.74 Å². The van der Waals surface area contributed by atoms with Crippen LogP contribution in [0.1, 0.15) is 35.6 Å². The molecule has 0 amide bonds. The number of hydrogen-bond donors (Lipinski definition) is 2. The number of benzene rings is 4. The first-order valence-corrected chi connectivity index (χ1v) is 12.1. The topological polar surface area (TPSA) is 75.2 Å². The minimum absolute atomic E-state index is 0.772. The van der Waals surface area contributed by atoms with E-state index in [4.69, 9.17) is 9.84 Å². The molecule has 0 saturated carbocycles. The van der Waals surface area contributed by atoms with Crippen LogP contribution in [0.25, 0.3) is 28.1 Å². The summed E-state index contributed by atoms with van der Waals surface area (Å²) in [5.41, 5.74) is 7.29. The van der Waals surface area contributed by atoms with Gasteiger partial charge in [-0.3, -0.25) is 5.10 Å². The summed E-state index contributed by atoms with van der Waals surface area (Å²) in [4.78, 5) is 10.9. The van der Waals surface area contributed by atoms with Crippen molar-refractivity contribution in [3.05, 3.63) is 132 Å². The first kappa shape index (κ1) is 23.8. The van der Waals surface area contributed by atoms with E-state index in [0.717, 1.165) is 62.7 Å². The molecular weight excluding hydrogens is 460 g/mol. The van der Waals surface area contributed by atoms with Crippen molar-refractivity contribution in [3.8, 4) is 11.5 Å². The maximum atomic E-state index is 10.9. The lowest BCUT2D eigenvalue weighted by molar-refractivity contribution is -0.131. The van der Waals surface area contributed by atoms with Gasteiger partial charge in [0.25, 0.3) is 0 Å². The van der Waals surface area contributed by atoms with E-state index in [0.29, 0.717) is 0 Å². The molecule has 0 bridgehead atoms. The predicted octanol–water partition coefficient (Wildman–Crippen LogP) is 7.82. The molecule has 0 unspecified atom stereocenters. The van der Waals surface area contributed by atoms with E-state index in [1.165, 1.54) is 5.57 Å². The van der Waals surface area contributed by atoms with Crippen LogP contribution in [0.15, 0.2) is 109 Å². The zero-order valence-electron chi connectivity index (χ0n) is 20.4. The van der Waals surface area contributed by atoms with Crippen molar-refractivity contribution >= 4 is 34.1 Å². The molecule has 1 aromatic heterocycles. The number of rotatable bonds is 8. The Labute approximate surface area is 215 Å². The van der Waals surface area contributed by atoms with E-state index < -0.39 is 5.97 Å². The third-order valence-corrected chi connectivity index (χ3v) is 6.16. The number of nitrogens with one attached hydrogen (secondary N) is 1. The van der Waals surface area contributed by atoms with Crippen molar-refractivity contribution < 1.29 is 14.6 Å². The lowest BCUT2D eigenvalue weighted by Gasteiger charge is -2.17. The second-order valence-corrected chi connectivity index (χ2v) is 8.62. The summed E-state index contributed by atoms with van der Waals surface area (Å²) < 4.78 is 6.12. The lowest BCUT2D eigenvalue weighted by atomic mass is 9.87. The number of aliphatic carboxylic acids is 1. The molecule has 1 heterocycles. The molecule has 0 atom stereocenters. The zero-order chi connectivity index (χ0) is 25.6. The van der Waals surface area contributed by atoms with E-state index >= 15 is 0 Å². The molecule has 5 heteroatoms. The Morgan fingerprint density at radius 1 is 0.865 bits per heavy atom. The fourth-order valence-electron chi connectivity index (χ4n) is 4.44. The van der Waals surface area contributed by atoms with E-state index in [1.54, 1.807) is 6.08 Å². The van der Waals surface area contributed by atoms with E-state index in [9.17, 15) is 4.79 Å². The van der Waals surface area contributed by atoms with Crippen LogP contribution in [0.2, 0.25) is 0 Å². The highest BCUT2D eigenvalue weighted by Gasteiger charge is 2.15. The number of carboxylic acid groups (broad SMARTS) is 1. The SMILES string of the molecule is CCC(=C(c1ccc(C=CC(=O)O)cc1)c1ccc2[nH]ncc2c1)c1cccc(Oc2ccccc2)c1. The van der Waals surface area contributed by atoms with E-state index in [2.05, 4.69) is 41.4 Å². The van der Waals surface area contributed by atoms with Gasteiger partial charge in [0, 0.05) is 11.5 Å².